The standard InChI is InChI=1S/C19H18ClN5O5S2/c1-10-3-12(13-4-16(20)22-6-15(13)29-2)14(5-21-10)17(26)23-18-24-25-19(31-18)30-7-11-8-32(27,28)9-11/h3-6,11H,7-9H2,1-2H3,(H,23,24,26). The molecule has 4 rings (SSSR count). The first kappa shape index (κ1) is 22.4. The third-order valence-electron chi connectivity index (χ3n) is 4.68. The van der Waals surface area contributed by atoms with Crippen LogP contribution in [0.2, 0.25) is 5.15 Å². The van der Waals surface area contributed by atoms with Crippen LogP contribution in [0.4, 0.5) is 5.13 Å². The van der Waals surface area contributed by atoms with Gasteiger partial charge in [0, 0.05) is 28.9 Å². The summed E-state index contributed by atoms with van der Waals surface area (Å²) in [6, 6.07) is 3.37. The number of hydrogen-bond donors (Lipinski definition) is 1. The van der Waals surface area contributed by atoms with Gasteiger partial charge in [0.2, 0.25) is 5.13 Å². The molecule has 0 unspecified atom stereocenters. The van der Waals surface area contributed by atoms with E-state index >= 15 is 0 Å². The average Bonchev–Trinajstić information content (AvgIpc) is 3.17. The molecule has 0 radical (unpaired) electrons. The molecule has 0 bridgehead atoms. The molecule has 3 aromatic heterocycles. The maximum Gasteiger partial charge on any atom is 0.295 e. The van der Waals surface area contributed by atoms with Crippen LogP contribution < -0.4 is 14.8 Å². The summed E-state index contributed by atoms with van der Waals surface area (Å²) in [5.41, 5.74) is 2.16. The van der Waals surface area contributed by atoms with E-state index in [2.05, 4.69) is 25.5 Å². The number of halogens is 1. The van der Waals surface area contributed by atoms with Crippen molar-refractivity contribution in [3.8, 4) is 22.1 Å². The van der Waals surface area contributed by atoms with Gasteiger partial charge in [-0.15, -0.1) is 5.10 Å². The summed E-state index contributed by atoms with van der Waals surface area (Å²) in [6.45, 7) is 2.04. The van der Waals surface area contributed by atoms with Crippen LogP contribution in [-0.4, -0.2) is 59.7 Å². The fourth-order valence-corrected chi connectivity index (χ4v) is 5.48. The van der Waals surface area contributed by atoms with Crippen LogP contribution in [0.15, 0.2) is 24.5 Å². The molecule has 1 aliphatic rings. The molecule has 0 aliphatic carbocycles. The number of carbonyl (C=O) groups is 1. The van der Waals surface area contributed by atoms with E-state index < -0.39 is 15.7 Å². The van der Waals surface area contributed by atoms with Gasteiger partial charge in [0.1, 0.15) is 10.9 Å². The molecule has 32 heavy (non-hydrogen) atoms. The van der Waals surface area contributed by atoms with Gasteiger partial charge in [0.05, 0.1) is 37.0 Å². The first-order valence-electron chi connectivity index (χ1n) is 9.38. The van der Waals surface area contributed by atoms with Crippen molar-refractivity contribution in [1.29, 1.82) is 0 Å². The van der Waals surface area contributed by atoms with Crippen LogP contribution in [0.25, 0.3) is 11.1 Å². The second-order valence-electron chi connectivity index (χ2n) is 7.16. The number of pyridine rings is 2. The Labute approximate surface area is 192 Å². The van der Waals surface area contributed by atoms with Gasteiger partial charge < -0.3 is 9.47 Å². The average molecular weight is 496 g/mol. The van der Waals surface area contributed by atoms with E-state index in [9.17, 15) is 13.2 Å². The van der Waals surface area contributed by atoms with E-state index in [-0.39, 0.29) is 45.1 Å². The van der Waals surface area contributed by atoms with E-state index in [4.69, 9.17) is 21.1 Å². The highest BCUT2D eigenvalue weighted by Crippen LogP contribution is 2.34. The van der Waals surface area contributed by atoms with Gasteiger partial charge in [-0.1, -0.05) is 16.7 Å². The van der Waals surface area contributed by atoms with E-state index in [0.717, 1.165) is 11.3 Å². The zero-order valence-corrected chi connectivity index (χ0v) is 19.4. The van der Waals surface area contributed by atoms with Gasteiger partial charge in [-0.2, -0.15) is 0 Å². The number of ether oxygens (including phenoxy) is 2. The summed E-state index contributed by atoms with van der Waals surface area (Å²) in [5, 5.41) is 11.2. The number of amides is 1. The number of aryl methyl sites for hydroxylation is 1. The second kappa shape index (κ2) is 8.96. The van der Waals surface area contributed by atoms with Crippen LogP contribution in [0.3, 0.4) is 0 Å². The number of nitrogens with zero attached hydrogens (tertiary/aromatic N) is 4. The number of rotatable bonds is 7. The van der Waals surface area contributed by atoms with Crippen molar-refractivity contribution in [2.45, 2.75) is 6.92 Å². The van der Waals surface area contributed by atoms with Crippen molar-refractivity contribution in [3.05, 3.63) is 40.9 Å². The normalized spacial score (nSPS) is 15.1. The molecule has 0 saturated carbocycles. The summed E-state index contributed by atoms with van der Waals surface area (Å²) >= 11 is 7.11. The minimum absolute atomic E-state index is 0.0506. The summed E-state index contributed by atoms with van der Waals surface area (Å²) in [4.78, 5) is 21.2. The van der Waals surface area contributed by atoms with E-state index in [0.29, 0.717) is 22.6 Å². The van der Waals surface area contributed by atoms with Crippen LogP contribution in [0, 0.1) is 12.8 Å². The summed E-state index contributed by atoms with van der Waals surface area (Å²) in [5.74, 6) is 0.182. The van der Waals surface area contributed by atoms with Crippen LogP contribution in [0.5, 0.6) is 10.9 Å². The Morgan fingerprint density at radius 2 is 2.00 bits per heavy atom. The topological polar surface area (TPSA) is 133 Å². The smallest absolute Gasteiger partial charge is 0.295 e. The lowest BCUT2D eigenvalue weighted by Gasteiger charge is -2.24. The highest BCUT2D eigenvalue weighted by Gasteiger charge is 2.34. The fourth-order valence-electron chi connectivity index (χ4n) is 3.19. The SMILES string of the molecule is COc1cnc(Cl)cc1-c1cc(C)ncc1C(=O)Nc1nnc(OCC2CS(=O)(=O)C2)s1. The maximum atomic E-state index is 13.0. The first-order valence-corrected chi connectivity index (χ1v) is 12.4. The lowest BCUT2D eigenvalue weighted by molar-refractivity contribution is 0.102. The second-order valence-corrected chi connectivity index (χ2v) is 10.6. The Kier molecular flexibility index (Phi) is 6.26. The Morgan fingerprint density at radius 1 is 1.22 bits per heavy atom. The molecule has 168 valence electrons. The number of hydrogen-bond acceptors (Lipinski definition) is 10. The molecule has 0 aromatic carbocycles. The van der Waals surface area contributed by atoms with Crippen molar-refractivity contribution in [1.82, 2.24) is 20.2 Å². The number of anilines is 1. The number of nitrogens with one attached hydrogen (secondary N) is 1. The molecular formula is C19H18ClN5O5S2. The Balaban J connectivity index is 1.51. The molecule has 1 saturated heterocycles. The molecule has 0 spiro atoms. The zero-order valence-electron chi connectivity index (χ0n) is 17.0. The Bertz CT molecular complexity index is 1270. The van der Waals surface area contributed by atoms with Gasteiger partial charge in [-0.25, -0.2) is 13.4 Å². The fraction of sp³-hybridized carbons (Fsp3) is 0.316. The van der Waals surface area contributed by atoms with Gasteiger partial charge in [-0.3, -0.25) is 15.1 Å². The molecule has 0 atom stereocenters. The van der Waals surface area contributed by atoms with Crippen LogP contribution >= 0.6 is 22.9 Å². The molecular weight excluding hydrogens is 478 g/mol. The third kappa shape index (κ3) is 4.97. The minimum atomic E-state index is -2.91. The quantitative estimate of drug-likeness (QED) is 0.491. The van der Waals surface area contributed by atoms with Crippen molar-refractivity contribution >= 4 is 43.8 Å². The van der Waals surface area contributed by atoms with Crippen molar-refractivity contribution < 1.29 is 22.7 Å². The van der Waals surface area contributed by atoms with Gasteiger partial charge in [0.15, 0.2) is 9.84 Å². The highest BCUT2D eigenvalue weighted by molar-refractivity contribution is 7.92. The van der Waals surface area contributed by atoms with Gasteiger partial charge >= 0.3 is 0 Å². The van der Waals surface area contributed by atoms with Crippen molar-refractivity contribution in [2.24, 2.45) is 5.92 Å². The number of carbonyl (C=O) groups excluding carboxylic acids is 1. The van der Waals surface area contributed by atoms with Crippen molar-refractivity contribution in [3.63, 3.8) is 0 Å². The Hall–Kier alpha value is -2.83. The largest absolute Gasteiger partial charge is 0.494 e. The van der Waals surface area contributed by atoms with E-state index in [1.807, 2.05) is 6.92 Å². The maximum absolute atomic E-state index is 13.0. The van der Waals surface area contributed by atoms with Gasteiger partial charge in [-0.05, 0) is 30.4 Å². The monoisotopic (exact) mass is 495 g/mol. The summed E-state index contributed by atoms with van der Waals surface area (Å²) in [6.07, 6.45) is 2.94. The van der Waals surface area contributed by atoms with E-state index in [1.165, 1.54) is 19.5 Å². The first-order chi connectivity index (χ1) is 15.2. The third-order valence-corrected chi connectivity index (χ3v) is 7.59. The predicted molar refractivity (Wildman–Crippen MR) is 119 cm³/mol. The van der Waals surface area contributed by atoms with E-state index in [1.54, 1.807) is 12.1 Å². The molecule has 1 aliphatic heterocycles. The summed E-state index contributed by atoms with van der Waals surface area (Å²) < 4.78 is 33.3. The lowest BCUT2D eigenvalue weighted by atomic mass is 10.0. The van der Waals surface area contributed by atoms with Crippen molar-refractivity contribution in [2.75, 3.05) is 30.5 Å². The molecule has 4 heterocycles. The molecule has 1 fully saturated rings. The molecule has 1 amide bonds. The molecule has 3 aromatic rings. The minimum Gasteiger partial charge on any atom is -0.494 e. The predicted octanol–water partition coefficient (Wildman–Crippen LogP) is 2.64. The number of methoxy groups -OCH3 is 1. The molecule has 13 heteroatoms. The highest BCUT2D eigenvalue weighted by atomic mass is 35.5. The van der Waals surface area contributed by atoms with Crippen LogP contribution in [-0.2, 0) is 9.84 Å². The zero-order chi connectivity index (χ0) is 22.9. The molecule has 10 nitrogen and oxygen atoms in total. The van der Waals surface area contributed by atoms with Crippen LogP contribution in [0.1, 0.15) is 16.1 Å². The lowest BCUT2D eigenvalue weighted by Crippen LogP contribution is -2.39. The van der Waals surface area contributed by atoms with Gasteiger partial charge in [0.25, 0.3) is 11.1 Å². The number of sulfone groups is 1. The summed E-state index contributed by atoms with van der Waals surface area (Å²) in [7, 11) is -1.41. The molecule has 1 N–H and O–H groups in total. The Morgan fingerprint density at radius 3 is 2.72 bits per heavy atom. The number of aromatic nitrogens is 4.